The topological polar surface area (TPSA) is 75.7 Å². The predicted molar refractivity (Wildman–Crippen MR) is 97.2 cm³/mol. The summed E-state index contributed by atoms with van der Waals surface area (Å²) in [5.74, 6) is -0.628. The van der Waals surface area contributed by atoms with Gasteiger partial charge in [0.2, 0.25) is 11.8 Å². The van der Waals surface area contributed by atoms with Gasteiger partial charge in [-0.1, -0.05) is 42.5 Å². The Morgan fingerprint density at radius 2 is 1.92 bits per heavy atom. The molecule has 3 rings (SSSR count). The molecule has 0 aromatic heterocycles. The zero-order valence-corrected chi connectivity index (χ0v) is 14.7. The van der Waals surface area contributed by atoms with Crippen molar-refractivity contribution in [1.82, 2.24) is 10.2 Å². The van der Waals surface area contributed by atoms with Gasteiger partial charge in [0.05, 0.1) is 19.6 Å². The molecular weight excluding hydrogens is 332 g/mol. The van der Waals surface area contributed by atoms with Crippen LogP contribution in [-0.4, -0.2) is 42.4 Å². The highest BCUT2D eigenvalue weighted by Gasteiger charge is 2.30. The monoisotopic (exact) mass is 354 g/mol. The van der Waals surface area contributed by atoms with E-state index in [1.807, 2.05) is 24.3 Å². The molecule has 1 saturated heterocycles. The highest BCUT2D eigenvalue weighted by Crippen LogP contribution is 2.22. The molecule has 0 aliphatic carbocycles. The van der Waals surface area contributed by atoms with Gasteiger partial charge in [0, 0.05) is 25.9 Å². The van der Waals surface area contributed by atoms with Crippen LogP contribution in [0.2, 0.25) is 0 Å². The lowest BCUT2D eigenvalue weighted by Crippen LogP contribution is -2.37. The fourth-order valence-electron chi connectivity index (χ4n) is 3.28. The molecule has 6 heteroatoms. The van der Waals surface area contributed by atoms with E-state index in [4.69, 9.17) is 0 Å². The van der Waals surface area contributed by atoms with Crippen molar-refractivity contribution in [2.24, 2.45) is 0 Å². The Labute approximate surface area is 152 Å². The third-order valence-corrected chi connectivity index (χ3v) is 4.60. The van der Waals surface area contributed by atoms with E-state index in [0.29, 0.717) is 13.1 Å². The first-order chi connectivity index (χ1) is 12.6. The second kappa shape index (κ2) is 7.99. The average molecular weight is 354 g/mol. The molecule has 0 bridgehead atoms. The lowest BCUT2D eigenvalue weighted by atomic mass is 10.0. The molecule has 2 aromatic rings. The molecular formula is C20H22N2O4. The number of hydrogen-bond donors (Lipinski definition) is 1. The summed E-state index contributed by atoms with van der Waals surface area (Å²) >= 11 is 0. The van der Waals surface area contributed by atoms with Crippen LogP contribution in [-0.2, 0) is 25.7 Å². The quantitative estimate of drug-likeness (QED) is 0.805. The molecule has 1 unspecified atom stereocenters. The standard InChI is InChI=1S/C20H22N2O4/c1-26-20(25)10-9-18(23)21-16-11-19(24)22(13-16)12-15-7-4-6-14-5-2-3-8-17(14)15/h2-8,16H,9-13H2,1H3,(H,21,23). The fourth-order valence-corrected chi connectivity index (χ4v) is 3.28. The summed E-state index contributed by atoms with van der Waals surface area (Å²) in [7, 11) is 1.29. The van der Waals surface area contributed by atoms with Gasteiger partial charge in [0.25, 0.3) is 0 Å². The molecule has 136 valence electrons. The number of fused-ring (bicyclic) bond motifs is 1. The van der Waals surface area contributed by atoms with Crippen LogP contribution in [0.4, 0.5) is 0 Å². The number of carbonyl (C=O) groups excluding carboxylic acids is 3. The van der Waals surface area contributed by atoms with Crippen LogP contribution in [0.25, 0.3) is 10.8 Å². The van der Waals surface area contributed by atoms with Crippen LogP contribution in [0, 0.1) is 0 Å². The van der Waals surface area contributed by atoms with Gasteiger partial charge < -0.3 is 15.0 Å². The summed E-state index contributed by atoms with van der Waals surface area (Å²) in [6.45, 7) is 1.00. The molecule has 26 heavy (non-hydrogen) atoms. The molecule has 0 spiro atoms. The van der Waals surface area contributed by atoms with Crippen molar-refractivity contribution in [1.29, 1.82) is 0 Å². The van der Waals surface area contributed by atoms with E-state index in [1.165, 1.54) is 7.11 Å². The number of methoxy groups -OCH3 is 1. The van der Waals surface area contributed by atoms with E-state index < -0.39 is 5.97 Å². The zero-order valence-electron chi connectivity index (χ0n) is 14.7. The molecule has 1 N–H and O–H groups in total. The van der Waals surface area contributed by atoms with Crippen LogP contribution in [0.1, 0.15) is 24.8 Å². The molecule has 1 atom stereocenters. The van der Waals surface area contributed by atoms with Crippen LogP contribution >= 0.6 is 0 Å². The largest absolute Gasteiger partial charge is 0.469 e. The number of nitrogens with one attached hydrogen (secondary N) is 1. The number of amides is 2. The van der Waals surface area contributed by atoms with E-state index >= 15 is 0 Å². The van der Waals surface area contributed by atoms with Crippen LogP contribution in [0.5, 0.6) is 0 Å². The smallest absolute Gasteiger partial charge is 0.306 e. The van der Waals surface area contributed by atoms with E-state index in [2.05, 4.69) is 28.3 Å². The van der Waals surface area contributed by atoms with Crippen LogP contribution in [0.15, 0.2) is 42.5 Å². The minimum Gasteiger partial charge on any atom is -0.469 e. The van der Waals surface area contributed by atoms with Crippen molar-refractivity contribution in [2.75, 3.05) is 13.7 Å². The highest BCUT2D eigenvalue weighted by molar-refractivity contribution is 5.87. The second-order valence-electron chi connectivity index (χ2n) is 6.46. The van der Waals surface area contributed by atoms with Gasteiger partial charge in [0.15, 0.2) is 0 Å². The van der Waals surface area contributed by atoms with E-state index in [1.54, 1.807) is 4.90 Å². The van der Waals surface area contributed by atoms with Crippen LogP contribution < -0.4 is 5.32 Å². The van der Waals surface area contributed by atoms with Gasteiger partial charge >= 0.3 is 5.97 Å². The van der Waals surface area contributed by atoms with Crippen molar-refractivity contribution in [2.45, 2.75) is 31.8 Å². The van der Waals surface area contributed by atoms with E-state index in [0.717, 1.165) is 16.3 Å². The zero-order chi connectivity index (χ0) is 18.5. The molecule has 6 nitrogen and oxygen atoms in total. The van der Waals surface area contributed by atoms with Gasteiger partial charge in [-0.05, 0) is 16.3 Å². The second-order valence-corrected chi connectivity index (χ2v) is 6.46. The Bertz CT molecular complexity index is 828. The Kier molecular flexibility index (Phi) is 5.51. The first kappa shape index (κ1) is 17.9. The van der Waals surface area contributed by atoms with E-state index in [-0.39, 0.29) is 37.1 Å². The normalized spacial score (nSPS) is 16.7. The summed E-state index contributed by atoms with van der Waals surface area (Å²) in [4.78, 5) is 37.1. The number of rotatable bonds is 6. The minimum atomic E-state index is -0.416. The van der Waals surface area contributed by atoms with Gasteiger partial charge in [-0.25, -0.2) is 0 Å². The Hall–Kier alpha value is -2.89. The Balaban J connectivity index is 1.59. The maximum absolute atomic E-state index is 12.3. The van der Waals surface area contributed by atoms with Gasteiger partial charge in [-0.2, -0.15) is 0 Å². The maximum Gasteiger partial charge on any atom is 0.306 e. The van der Waals surface area contributed by atoms with Crippen molar-refractivity contribution in [3.63, 3.8) is 0 Å². The number of esters is 1. The van der Waals surface area contributed by atoms with Crippen molar-refractivity contribution >= 4 is 28.6 Å². The van der Waals surface area contributed by atoms with E-state index in [9.17, 15) is 14.4 Å². The summed E-state index contributed by atoms with van der Waals surface area (Å²) in [5, 5.41) is 5.11. The number of benzene rings is 2. The summed E-state index contributed by atoms with van der Waals surface area (Å²) in [5.41, 5.74) is 1.09. The fraction of sp³-hybridized carbons (Fsp3) is 0.350. The number of likely N-dealkylation sites (tertiary alicyclic amines) is 1. The molecule has 1 aliphatic heterocycles. The number of carbonyl (C=O) groups is 3. The van der Waals surface area contributed by atoms with Crippen molar-refractivity contribution in [3.05, 3.63) is 48.0 Å². The predicted octanol–water partition coefficient (Wildman–Crippen LogP) is 2.01. The molecule has 1 aliphatic rings. The third kappa shape index (κ3) is 4.20. The average Bonchev–Trinajstić information content (AvgIpc) is 2.99. The molecule has 2 amide bonds. The lowest BCUT2D eigenvalue weighted by Gasteiger charge is -2.18. The third-order valence-electron chi connectivity index (χ3n) is 4.60. The maximum atomic E-state index is 12.3. The lowest BCUT2D eigenvalue weighted by molar-refractivity contribution is -0.142. The summed E-state index contributed by atoms with van der Waals surface area (Å²) < 4.78 is 4.52. The van der Waals surface area contributed by atoms with Crippen LogP contribution in [0.3, 0.4) is 0 Å². The number of hydrogen-bond acceptors (Lipinski definition) is 4. The number of ether oxygens (including phenoxy) is 1. The minimum absolute atomic E-state index is 0.0243. The first-order valence-electron chi connectivity index (χ1n) is 8.67. The molecule has 1 heterocycles. The molecule has 1 fully saturated rings. The number of nitrogens with zero attached hydrogens (tertiary/aromatic N) is 1. The van der Waals surface area contributed by atoms with Crippen molar-refractivity contribution < 1.29 is 19.1 Å². The molecule has 2 aromatic carbocycles. The van der Waals surface area contributed by atoms with Gasteiger partial charge in [-0.15, -0.1) is 0 Å². The highest BCUT2D eigenvalue weighted by atomic mass is 16.5. The van der Waals surface area contributed by atoms with Gasteiger partial charge in [-0.3, -0.25) is 14.4 Å². The first-order valence-corrected chi connectivity index (χ1v) is 8.67. The SMILES string of the molecule is COC(=O)CCC(=O)NC1CC(=O)N(Cc2cccc3ccccc23)C1. The van der Waals surface area contributed by atoms with Gasteiger partial charge in [0.1, 0.15) is 0 Å². The Morgan fingerprint density at radius 3 is 2.73 bits per heavy atom. The Morgan fingerprint density at radius 1 is 1.15 bits per heavy atom. The molecule has 0 saturated carbocycles. The summed E-state index contributed by atoms with van der Waals surface area (Å²) in [6, 6.07) is 13.9. The van der Waals surface area contributed by atoms with Crippen molar-refractivity contribution in [3.8, 4) is 0 Å². The molecule has 0 radical (unpaired) electrons. The summed E-state index contributed by atoms with van der Waals surface area (Å²) in [6.07, 6.45) is 0.401.